The SMILES string of the molecule is O=C(N[C@@H](CC(C(=O)O)C(=O)O)C(=O)O)OCC1c2ccccc2-c2ccccc21. The summed E-state index contributed by atoms with van der Waals surface area (Å²) in [6.07, 6.45) is -1.89. The van der Waals surface area contributed by atoms with E-state index in [1.165, 1.54) is 0 Å². The lowest BCUT2D eigenvalue weighted by Gasteiger charge is -2.18. The Labute approximate surface area is 170 Å². The summed E-state index contributed by atoms with van der Waals surface area (Å²) < 4.78 is 5.21. The van der Waals surface area contributed by atoms with Gasteiger partial charge in [0.2, 0.25) is 0 Å². The molecule has 0 saturated heterocycles. The quantitative estimate of drug-likeness (QED) is 0.481. The van der Waals surface area contributed by atoms with Crippen LogP contribution < -0.4 is 5.32 Å². The molecule has 2 aromatic carbocycles. The minimum absolute atomic E-state index is 0.0620. The molecule has 2 aromatic rings. The van der Waals surface area contributed by atoms with Crippen molar-refractivity contribution >= 4 is 24.0 Å². The van der Waals surface area contributed by atoms with E-state index in [0.29, 0.717) is 0 Å². The van der Waals surface area contributed by atoms with Crippen LogP contribution in [-0.2, 0) is 19.1 Å². The fourth-order valence-corrected chi connectivity index (χ4v) is 3.55. The number of ether oxygens (including phenoxy) is 1. The summed E-state index contributed by atoms with van der Waals surface area (Å²) in [7, 11) is 0. The van der Waals surface area contributed by atoms with Gasteiger partial charge in [0.15, 0.2) is 5.92 Å². The molecule has 9 nitrogen and oxygen atoms in total. The van der Waals surface area contributed by atoms with Crippen LogP contribution in [0.4, 0.5) is 4.79 Å². The zero-order chi connectivity index (χ0) is 21.8. The summed E-state index contributed by atoms with van der Waals surface area (Å²) in [6, 6.07) is 13.6. The van der Waals surface area contributed by atoms with Gasteiger partial charge in [-0.2, -0.15) is 0 Å². The number of nitrogens with one attached hydrogen (secondary N) is 1. The van der Waals surface area contributed by atoms with Crippen molar-refractivity contribution in [2.24, 2.45) is 5.92 Å². The Morgan fingerprint density at radius 1 is 0.833 bits per heavy atom. The van der Waals surface area contributed by atoms with Crippen LogP contribution in [0, 0.1) is 5.92 Å². The summed E-state index contributed by atoms with van der Waals surface area (Å²) in [4.78, 5) is 45.5. The molecule has 1 amide bonds. The molecule has 1 atom stereocenters. The number of hydrogen-bond acceptors (Lipinski definition) is 5. The average molecular weight is 413 g/mol. The lowest BCUT2D eigenvalue weighted by Crippen LogP contribution is -2.44. The molecule has 3 rings (SSSR count). The van der Waals surface area contributed by atoms with Gasteiger partial charge >= 0.3 is 24.0 Å². The van der Waals surface area contributed by atoms with Gasteiger partial charge in [-0.25, -0.2) is 9.59 Å². The third kappa shape index (κ3) is 4.24. The van der Waals surface area contributed by atoms with Gasteiger partial charge in [-0.15, -0.1) is 0 Å². The fraction of sp³-hybridized carbons (Fsp3) is 0.238. The molecular formula is C21H19NO8. The standard InChI is InChI=1S/C21H19NO8/c23-18(24)15(19(25)26)9-17(20(27)28)22-21(29)30-10-16-13-7-3-1-5-11(13)12-6-2-4-8-14(12)16/h1-8,15-17H,9-10H2,(H,22,29)(H,23,24)(H,25,26)(H,27,28)/t17-/m0/s1. The third-order valence-corrected chi connectivity index (χ3v) is 5.00. The van der Waals surface area contributed by atoms with Crippen molar-refractivity contribution in [2.75, 3.05) is 6.61 Å². The molecule has 30 heavy (non-hydrogen) atoms. The molecule has 0 unspecified atom stereocenters. The Morgan fingerprint density at radius 2 is 1.33 bits per heavy atom. The smallest absolute Gasteiger partial charge is 0.407 e. The van der Waals surface area contributed by atoms with Crippen molar-refractivity contribution < 1.29 is 39.2 Å². The highest BCUT2D eigenvalue weighted by molar-refractivity contribution is 5.94. The van der Waals surface area contributed by atoms with E-state index >= 15 is 0 Å². The van der Waals surface area contributed by atoms with Crippen LogP contribution in [0.25, 0.3) is 11.1 Å². The second kappa shape index (κ2) is 8.64. The van der Waals surface area contributed by atoms with Crippen LogP contribution in [0.1, 0.15) is 23.5 Å². The van der Waals surface area contributed by atoms with Gasteiger partial charge in [0.25, 0.3) is 0 Å². The summed E-state index contributed by atoms with van der Waals surface area (Å²) in [5, 5.41) is 29.1. The van der Waals surface area contributed by atoms with Gasteiger partial charge in [-0.05, 0) is 22.3 Å². The van der Waals surface area contributed by atoms with Gasteiger partial charge in [-0.3, -0.25) is 9.59 Å². The van der Waals surface area contributed by atoms with Gasteiger partial charge in [0, 0.05) is 12.3 Å². The molecule has 0 bridgehead atoms. The van der Waals surface area contributed by atoms with Crippen molar-refractivity contribution in [1.29, 1.82) is 0 Å². The largest absolute Gasteiger partial charge is 0.481 e. The van der Waals surface area contributed by atoms with Crippen molar-refractivity contribution in [2.45, 2.75) is 18.4 Å². The number of alkyl carbamates (subject to hydrolysis) is 1. The highest BCUT2D eigenvalue weighted by atomic mass is 16.5. The van der Waals surface area contributed by atoms with Crippen molar-refractivity contribution in [3.05, 3.63) is 59.7 Å². The van der Waals surface area contributed by atoms with E-state index in [1.807, 2.05) is 53.8 Å². The van der Waals surface area contributed by atoms with Gasteiger partial charge < -0.3 is 25.4 Å². The lowest BCUT2D eigenvalue weighted by molar-refractivity contribution is -0.155. The van der Waals surface area contributed by atoms with Crippen LogP contribution in [-0.4, -0.2) is 52.0 Å². The Balaban J connectivity index is 1.68. The van der Waals surface area contributed by atoms with Crippen LogP contribution in [0.5, 0.6) is 0 Å². The number of carbonyl (C=O) groups excluding carboxylic acids is 1. The van der Waals surface area contributed by atoms with E-state index in [4.69, 9.17) is 14.9 Å². The van der Waals surface area contributed by atoms with E-state index in [-0.39, 0.29) is 12.5 Å². The first-order valence-corrected chi connectivity index (χ1v) is 9.09. The molecule has 0 aliphatic heterocycles. The number of carboxylic acids is 3. The maximum Gasteiger partial charge on any atom is 0.407 e. The molecule has 156 valence electrons. The molecule has 0 aromatic heterocycles. The van der Waals surface area contributed by atoms with E-state index < -0.39 is 42.4 Å². The second-order valence-corrected chi connectivity index (χ2v) is 6.83. The highest BCUT2D eigenvalue weighted by Crippen LogP contribution is 2.44. The maximum atomic E-state index is 12.2. The van der Waals surface area contributed by atoms with E-state index in [1.54, 1.807) is 0 Å². The van der Waals surface area contributed by atoms with E-state index in [2.05, 4.69) is 0 Å². The Hall–Kier alpha value is -3.88. The molecule has 1 aliphatic carbocycles. The Kier molecular flexibility index (Phi) is 6.01. The summed E-state index contributed by atoms with van der Waals surface area (Å²) in [5.41, 5.74) is 3.99. The number of carbonyl (C=O) groups is 4. The number of rotatable bonds is 8. The molecule has 4 N–H and O–H groups in total. The van der Waals surface area contributed by atoms with Crippen LogP contribution in [0.3, 0.4) is 0 Å². The van der Waals surface area contributed by atoms with Crippen LogP contribution in [0.15, 0.2) is 48.5 Å². The third-order valence-electron chi connectivity index (χ3n) is 5.00. The lowest BCUT2D eigenvalue weighted by atomic mass is 9.98. The normalized spacial score (nSPS) is 13.2. The van der Waals surface area contributed by atoms with Crippen LogP contribution in [0.2, 0.25) is 0 Å². The Morgan fingerprint density at radius 3 is 1.80 bits per heavy atom. The molecule has 0 fully saturated rings. The van der Waals surface area contributed by atoms with Crippen molar-refractivity contribution in [3.63, 3.8) is 0 Å². The number of amides is 1. The molecule has 1 aliphatic rings. The van der Waals surface area contributed by atoms with E-state index in [9.17, 15) is 24.3 Å². The van der Waals surface area contributed by atoms with Crippen molar-refractivity contribution in [3.8, 4) is 11.1 Å². The van der Waals surface area contributed by atoms with Crippen LogP contribution >= 0.6 is 0 Å². The maximum absolute atomic E-state index is 12.2. The van der Waals surface area contributed by atoms with E-state index in [0.717, 1.165) is 22.3 Å². The molecular weight excluding hydrogens is 394 g/mol. The minimum Gasteiger partial charge on any atom is -0.481 e. The molecule has 0 saturated carbocycles. The number of aliphatic carboxylic acids is 3. The second-order valence-electron chi connectivity index (χ2n) is 6.83. The molecule has 0 heterocycles. The predicted octanol–water partition coefficient (Wildman–Crippen LogP) is 2.15. The number of hydrogen-bond donors (Lipinski definition) is 4. The monoisotopic (exact) mass is 413 g/mol. The summed E-state index contributed by atoms with van der Waals surface area (Å²) in [5.74, 6) is -7.15. The minimum atomic E-state index is -1.97. The topological polar surface area (TPSA) is 150 Å². The van der Waals surface area contributed by atoms with Gasteiger partial charge in [0.1, 0.15) is 12.6 Å². The molecule has 9 heteroatoms. The number of fused-ring (bicyclic) bond motifs is 3. The highest BCUT2D eigenvalue weighted by Gasteiger charge is 2.34. The number of carboxylic acid groups (broad SMARTS) is 3. The predicted molar refractivity (Wildman–Crippen MR) is 103 cm³/mol. The van der Waals surface area contributed by atoms with Gasteiger partial charge in [-0.1, -0.05) is 48.5 Å². The zero-order valence-electron chi connectivity index (χ0n) is 15.6. The molecule has 0 radical (unpaired) electrons. The Bertz CT molecular complexity index is 943. The van der Waals surface area contributed by atoms with Gasteiger partial charge in [0.05, 0.1) is 0 Å². The first-order valence-electron chi connectivity index (χ1n) is 9.09. The summed E-state index contributed by atoms with van der Waals surface area (Å²) >= 11 is 0. The number of benzene rings is 2. The molecule has 0 spiro atoms. The zero-order valence-corrected chi connectivity index (χ0v) is 15.6. The fourth-order valence-electron chi connectivity index (χ4n) is 3.55. The first kappa shape index (κ1) is 20.8. The average Bonchev–Trinajstić information content (AvgIpc) is 3.02. The summed E-state index contributed by atoms with van der Waals surface area (Å²) in [6.45, 7) is -0.0620. The first-order chi connectivity index (χ1) is 14.3. The van der Waals surface area contributed by atoms with Crippen molar-refractivity contribution in [1.82, 2.24) is 5.32 Å².